The average Bonchev–Trinajstić information content (AvgIpc) is 2.79. The summed E-state index contributed by atoms with van der Waals surface area (Å²) < 4.78 is 5.80. The van der Waals surface area contributed by atoms with E-state index in [-0.39, 0.29) is 0 Å². The first-order chi connectivity index (χ1) is 7.42. The maximum Gasteiger partial charge on any atom is 0.251 e. The molecule has 2 atom stereocenters. The molecule has 1 aliphatic carbocycles. The standard InChI is InChI=1S/C12H13NOS/c1-2-5-9(6-3-1)13-12-14-10-7-4-8-11(10)15-12/h1-3,5-6,10-11H,4,7-8H2. The number of para-hydroxylation sites is 1. The lowest BCUT2D eigenvalue weighted by atomic mass is 10.3. The summed E-state index contributed by atoms with van der Waals surface area (Å²) >= 11 is 1.80. The maximum absolute atomic E-state index is 5.80. The first-order valence-corrected chi connectivity index (χ1v) is 6.27. The topological polar surface area (TPSA) is 21.6 Å². The molecule has 2 unspecified atom stereocenters. The van der Waals surface area contributed by atoms with Crippen molar-refractivity contribution in [2.75, 3.05) is 0 Å². The minimum atomic E-state index is 0.428. The lowest BCUT2D eigenvalue weighted by Gasteiger charge is -2.04. The molecular formula is C12H13NOS. The van der Waals surface area contributed by atoms with Gasteiger partial charge in [-0.3, -0.25) is 0 Å². The van der Waals surface area contributed by atoms with E-state index in [0.29, 0.717) is 11.4 Å². The summed E-state index contributed by atoms with van der Waals surface area (Å²) in [6, 6.07) is 10.0. The molecule has 0 bridgehead atoms. The predicted octanol–water partition coefficient (Wildman–Crippen LogP) is 3.36. The molecule has 3 heteroatoms. The fourth-order valence-corrected chi connectivity index (χ4v) is 3.33. The molecule has 0 N–H and O–H groups in total. The highest BCUT2D eigenvalue weighted by Crippen LogP contribution is 2.40. The maximum atomic E-state index is 5.80. The van der Waals surface area contributed by atoms with Gasteiger partial charge in [0.15, 0.2) is 0 Å². The van der Waals surface area contributed by atoms with Crippen LogP contribution in [0.2, 0.25) is 0 Å². The van der Waals surface area contributed by atoms with Crippen LogP contribution >= 0.6 is 11.8 Å². The van der Waals surface area contributed by atoms with Gasteiger partial charge in [0.25, 0.3) is 5.23 Å². The molecule has 1 saturated carbocycles. The molecule has 15 heavy (non-hydrogen) atoms. The van der Waals surface area contributed by atoms with Crippen LogP contribution in [-0.4, -0.2) is 16.6 Å². The molecule has 1 heterocycles. The molecule has 1 aromatic rings. The number of benzene rings is 1. The highest BCUT2D eigenvalue weighted by molar-refractivity contribution is 8.14. The van der Waals surface area contributed by atoms with Crippen molar-refractivity contribution in [3.63, 3.8) is 0 Å². The van der Waals surface area contributed by atoms with Gasteiger partial charge in [-0.15, -0.1) is 0 Å². The molecule has 2 nitrogen and oxygen atoms in total. The molecule has 1 saturated heterocycles. The third-order valence-electron chi connectivity index (χ3n) is 2.87. The molecule has 2 aliphatic rings. The first kappa shape index (κ1) is 9.28. The van der Waals surface area contributed by atoms with E-state index in [1.807, 2.05) is 30.3 Å². The molecule has 2 fully saturated rings. The fraction of sp³-hybridized carbons (Fsp3) is 0.417. The summed E-state index contributed by atoms with van der Waals surface area (Å²) in [5, 5.41) is 1.52. The summed E-state index contributed by atoms with van der Waals surface area (Å²) in [7, 11) is 0. The Labute approximate surface area is 93.7 Å². The molecule has 0 spiro atoms. The predicted molar refractivity (Wildman–Crippen MR) is 63.6 cm³/mol. The van der Waals surface area contributed by atoms with Crippen molar-refractivity contribution in [1.29, 1.82) is 0 Å². The largest absolute Gasteiger partial charge is 0.468 e. The van der Waals surface area contributed by atoms with Gasteiger partial charge in [0.05, 0.1) is 10.9 Å². The minimum Gasteiger partial charge on any atom is -0.468 e. The van der Waals surface area contributed by atoms with Crippen LogP contribution in [0.1, 0.15) is 19.3 Å². The van der Waals surface area contributed by atoms with Crippen molar-refractivity contribution in [1.82, 2.24) is 0 Å². The van der Waals surface area contributed by atoms with Crippen LogP contribution in [0, 0.1) is 0 Å². The number of aliphatic imine (C=N–C) groups is 1. The minimum absolute atomic E-state index is 0.428. The zero-order chi connectivity index (χ0) is 10.1. The number of fused-ring (bicyclic) bond motifs is 1. The van der Waals surface area contributed by atoms with Gasteiger partial charge < -0.3 is 4.74 Å². The van der Waals surface area contributed by atoms with Crippen molar-refractivity contribution in [2.24, 2.45) is 4.99 Å². The van der Waals surface area contributed by atoms with Crippen LogP contribution in [0.4, 0.5) is 5.69 Å². The smallest absolute Gasteiger partial charge is 0.251 e. The van der Waals surface area contributed by atoms with Crippen molar-refractivity contribution in [3.8, 4) is 0 Å². The van der Waals surface area contributed by atoms with E-state index in [4.69, 9.17) is 4.74 Å². The number of hydrogen-bond donors (Lipinski definition) is 0. The summed E-state index contributed by atoms with van der Waals surface area (Å²) in [5.41, 5.74) is 0.986. The average molecular weight is 219 g/mol. The van der Waals surface area contributed by atoms with Crippen LogP contribution in [0.15, 0.2) is 35.3 Å². The van der Waals surface area contributed by atoms with Crippen molar-refractivity contribution >= 4 is 22.7 Å². The Kier molecular flexibility index (Phi) is 2.41. The zero-order valence-corrected chi connectivity index (χ0v) is 9.24. The zero-order valence-electron chi connectivity index (χ0n) is 8.43. The van der Waals surface area contributed by atoms with Gasteiger partial charge in [0.1, 0.15) is 6.10 Å². The van der Waals surface area contributed by atoms with Crippen molar-refractivity contribution in [3.05, 3.63) is 30.3 Å². The Hall–Kier alpha value is -0.960. The van der Waals surface area contributed by atoms with E-state index in [9.17, 15) is 0 Å². The molecule has 0 amide bonds. The van der Waals surface area contributed by atoms with Crippen LogP contribution in [0.25, 0.3) is 0 Å². The lowest BCUT2D eigenvalue weighted by Crippen LogP contribution is -2.10. The number of nitrogens with zero attached hydrogens (tertiary/aromatic N) is 1. The third-order valence-corrected chi connectivity index (χ3v) is 4.10. The molecule has 3 rings (SSSR count). The number of thioether (sulfide) groups is 1. The number of ether oxygens (including phenoxy) is 1. The van der Waals surface area contributed by atoms with Crippen LogP contribution in [-0.2, 0) is 4.74 Å². The third kappa shape index (κ3) is 1.88. The number of hydrogen-bond acceptors (Lipinski definition) is 3. The molecule has 1 aromatic carbocycles. The molecule has 0 aromatic heterocycles. The molecular weight excluding hydrogens is 206 g/mol. The summed E-state index contributed by atoms with van der Waals surface area (Å²) in [6.45, 7) is 0. The van der Waals surface area contributed by atoms with Gasteiger partial charge in [-0.25, -0.2) is 4.99 Å². The van der Waals surface area contributed by atoms with Gasteiger partial charge in [0, 0.05) is 0 Å². The SMILES string of the molecule is c1ccc(N=C2OC3CCCC3S2)cc1. The monoisotopic (exact) mass is 219 g/mol. The van der Waals surface area contributed by atoms with Gasteiger partial charge >= 0.3 is 0 Å². The first-order valence-electron chi connectivity index (χ1n) is 5.39. The van der Waals surface area contributed by atoms with E-state index in [0.717, 1.165) is 10.9 Å². The van der Waals surface area contributed by atoms with Crippen LogP contribution in [0.5, 0.6) is 0 Å². The second kappa shape index (κ2) is 3.89. The summed E-state index contributed by atoms with van der Waals surface area (Å²) in [6.07, 6.45) is 4.22. The Bertz CT molecular complexity index is 362. The van der Waals surface area contributed by atoms with Gasteiger partial charge in [-0.05, 0) is 31.4 Å². The van der Waals surface area contributed by atoms with E-state index in [1.165, 1.54) is 19.3 Å². The van der Waals surface area contributed by atoms with Crippen LogP contribution < -0.4 is 0 Å². The highest BCUT2D eigenvalue weighted by atomic mass is 32.2. The van der Waals surface area contributed by atoms with Crippen molar-refractivity contribution < 1.29 is 4.74 Å². The second-order valence-corrected chi connectivity index (χ2v) is 5.15. The molecule has 1 aliphatic heterocycles. The quantitative estimate of drug-likeness (QED) is 0.722. The van der Waals surface area contributed by atoms with Gasteiger partial charge in [0.2, 0.25) is 0 Å². The Morgan fingerprint density at radius 3 is 2.87 bits per heavy atom. The Morgan fingerprint density at radius 1 is 1.20 bits per heavy atom. The van der Waals surface area contributed by atoms with E-state index in [1.54, 1.807) is 11.8 Å². The Balaban J connectivity index is 1.77. The summed E-state index contributed by atoms with van der Waals surface area (Å²) in [4.78, 5) is 4.50. The fourth-order valence-electron chi connectivity index (χ4n) is 2.11. The Morgan fingerprint density at radius 2 is 2.07 bits per heavy atom. The number of rotatable bonds is 1. The lowest BCUT2D eigenvalue weighted by molar-refractivity contribution is 0.220. The van der Waals surface area contributed by atoms with E-state index in [2.05, 4.69) is 4.99 Å². The highest BCUT2D eigenvalue weighted by Gasteiger charge is 2.37. The summed E-state index contributed by atoms with van der Waals surface area (Å²) in [5.74, 6) is 0. The second-order valence-electron chi connectivity index (χ2n) is 3.96. The molecule has 0 radical (unpaired) electrons. The van der Waals surface area contributed by atoms with E-state index < -0.39 is 0 Å². The normalized spacial score (nSPS) is 31.6. The van der Waals surface area contributed by atoms with Crippen LogP contribution in [0.3, 0.4) is 0 Å². The van der Waals surface area contributed by atoms with E-state index >= 15 is 0 Å². The van der Waals surface area contributed by atoms with Gasteiger partial charge in [-0.1, -0.05) is 30.0 Å². The van der Waals surface area contributed by atoms with Gasteiger partial charge in [-0.2, -0.15) is 0 Å². The molecule has 78 valence electrons. The van der Waals surface area contributed by atoms with Crippen molar-refractivity contribution in [2.45, 2.75) is 30.6 Å².